The number of aromatic amines is 1. The molecule has 6 rings (SSSR count). The van der Waals surface area contributed by atoms with Gasteiger partial charge in [-0.15, -0.1) is 10.2 Å². The van der Waals surface area contributed by atoms with Crippen molar-refractivity contribution in [3.05, 3.63) is 91.5 Å². The molecule has 49 heavy (non-hydrogen) atoms. The fourth-order valence-corrected chi connectivity index (χ4v) is 5.10. The Morgan fingerprint density at radius 2 is 1.76 bits per heavy atom. The van der Waals surface area contributed by atoms with Crippen molar-refractivity contribution in [3.63, 3.8) is 0 Å². The molecular weight excluding hydrogens is 658 g/mol. The summed E-state index contributed by atoms with van der Waals surface area (Å²) in [5.74, 6) is 0.318. The van der Waals surface area contributed by atoms with Crippen molar-refractivity contribution in [1.82, 2.24) is 45.5 Å². The van der Waals surface area contributed by atoms with Gasteiger partial charge in [-0.05, 0) is 53.7 Å². The maximum Gasteiger partial charge on any atom is 0.412 e. The average molecular weight is 684 g/mol. The highest BCUT2D eigenvalue weighted by molar-refractivity contribution is 7.92. The largest absolute Gasteiger partial charge is 0.493 e. The van der Waals surface area contributed by atoms with Gasteiger partial charge in [0, 0.05) is 30.4 Å². The van der Waals surface area contributed by atoms with Crippen LogP contribution in [0, 0.1) is 0 Å². The lowest BCUT2D eigenvalue weighted by atomic mass is 10.2. The van der Waals surface area contributed by atoms with Crippen LogP contribution in [0.5, 0.6) is 23.1 Å². The summed E-state index contributed by atoms with van der Waals surface area (Å²) in [6.45, 7) is -0.465. The number of methoxy groups -OCH3 is 1. The summed E-state index contributed by atoms with van der Waals surface area (Å²) in [6.07, 6.45) is 4.83. The molecule has 0 fully saturated rings. The number of hydrogen-bond acceptors (Lipinski definition) is 15. The second-order valence-electron chi connectivity index (χ2n) is 9.57. The molecule has 248 valence electrons. The molecule has 0 bridgehead atoms. The van der Waals surface area contributed by atoms with Crippen molar-refractivity contribution >= 4 is 27.8 Å². The van der Waals surface area contributed by atoms with Gasteiger partial charge in [-0.2, -0.15) is 10.2 Å². The lowest BCUT2D eigenvalue weighted by molar-refractivity contribution is 0.135. The molecule has 0 saturated heterocycles. The zero-order valence-electron chi connectivity index (χ0n) is 25.4. The molecular formula is C30H25N11O7S. The van der Waals surface area contributed by atoms with E-state index >= 15 is 0 Å². The van der Waals surface area contributed by atoms with Gasteiger partial charge in [0.2, 0.25) is 11.6 Å². The van der Waals surface area contributed by atoms with E-state index in [0.717, 1.165) is 0 Å². The summed E-state index contributed by atoms with van der Waals surface area (Å²) < 4.78 is 52.4. The second-order valence-corrected chi connectivity index (χ2v) is 11.2. The van der Waals surface area contributed by atoms with Crippen LogP contribution in [0.3, 0.4) is 0 Å². The van der Waals surface area contributed by atoms with Gasteiger partial charge >= 0.3 is 6.09 Å². The van der Waals surface area contributed by atoms with Crippen LogP contribution in [-0.2, 0) is 14.8 Å². The molecule has 6 aromatic rings. The predicted molar refractivity (Wildman–Crippen MR) is 171 cm³/mol. The third kappa shape index (κ3) is 7.97. The Morgan fingerprint density at radius 3 is 2.51 bits per heavy atom. The standard InChI is InChI=1S/C30H25N11O7S/c1-45-22-8-2-3-9-23(22)48-25-28(39-49(43,44)20-7-6-12-31-18-20)35-26(19-11-14-32-21(17-19)27-37-40-41-38-27)36-29(25)46-15-16-47-30(42)34-24-10-4-5-13-33-24/h2-14,17-18H,15-16H2,1H3,(H,33,34,42)(H,35,36,39)(H,37,38,40,41). The van der Waals surface area contributed by atoms with Gasteiger partial charge in [-0.25, -0.2) is 23.2 Å². The van der Waals surface area contributed by atoms with Gasteiger partial charge in [0.25, 0.3) is 15.9 Å². The fraction of sp³-hybridized carbons (Fsp3) is 0.100. The van der Waals surface area contributed by atoms with Crippen molar-refractivity contribution in [1.29, 1.82) is 0 Å². The van der Waals surface area contributed by atoms with Crippen molar-refractivity contribution in [2.45, 2.75) is 4.90 Å². The number of carbonyl (C=O) groups excluding carboxylic acids is 1. The average Bonchev–Trinajstić information content (AvgIpc) is 3.68. The van der Waals surface area contributed by atoms with E-state index in [1.807, 2.05) is 0 Å². The van der Waals surface area contributed by atoms with E-state index in [2.05, 4.69) is 55.6 Å². The number of amides is 1. The number of carbonyl (C=O) groups is 1. The van der Waals surface area contributed by atoms with E-state index in [4.69, 9.17) is 18.9 Å². The summed E-state index contributed by atoms with van der Waals surface area (Å²) in [5.41, 5.74) is 0.716. The number of hydrogen-bond donors (Lipinski definition) is 3. The van der Waals surface area contributed by atoms with Gasteiger partial charge in [-0.3, -0.25) is 20.0 Å². The maximum absolute atomic E-state index is 13.5. The second kappa shape index (κ2) is 14.8. The topological polar surface area (TPSA) is 231 Å². The lowest BCUT2D eigenvalue weighted by Crippen LogP contribution is -2.19. The summed E-state index contributed by atoms with van der Waals surface area (Å²) in [6, 6.07) is 17.7. The number of benzene rings is 1. The number of rotatable bonds is 13. The molecule has 5 heterocycles. The number of anilines is 2. The normalized spacial score (nSPS) is 11.0. The molecule has 0 radical (unpaired) electrons. The monoisotopic (exact) mass is 683 g/mol. The summed E-state index contributed by atoms with van der Waals surface area (Å²) in [4.78, 5) is 33.5. The molecule has 3 N–H and O–H groups in total. The van der Waals surface area contributed by atoms with Crippen molar-refractivity contribution in [2.24, 2.45) is 0 Å². The van der Waals surface area contributed by atoms with Crippen molar-refractivity contribution < 1.29 is 32.2 Å². The summed E-state index contributed by atoms with van der Waals surface area (Å²) >= 11 is 0. The first-order valence-corrected chi connectivity index (χ1v) is 15.7. The Morgan fingerprint density at radius 1 is 0.898 bits per heavy atom. The van der Waals surface area contributed by atoms with Crippen LogP contribution >= 0.6 is 0 Å². The van der Waals surface area contributed by atoms with E-state index in [1.54, 1.807) is 54.6 Å². The zero-order valence-corrected chi connectivity index (χ0v) is 26.2. The van der Waals surface area contributed by atoms with Gasteiger partial charge in [-0.1, -0.05) is 18.2 Å². The molecule has 0 aliphatic carbocycles. The van der Waals surface area contributed by atoms with Crippen LogP contribution < -0.4 is 24.2 Å². The first-order chi connectivity index (χ1) is 23.9. The van der Waals surface area contributed by atoms with E-state index in [1.165, 1.54) is 44.0 Å². The van der Waals surface area contributed by atoms with Crippen molar-refractivity contribution in [2.75, 3.05) is 30.4 Å². The number of nitrogens with one attached hydrogen (secondary N) is 3. The number of aromatic nitrogens is 9. The molecule has 18 nitrogen and oxygen atoms in total. The number of sulfonamides is 1. The Labute approximate surface area is 278 Å². The number of ether oxygens (including phenoxy) is 4. The van der Waals surface area contributed by atoms with Crippen LogP contribution in [-0.4, -0.2) is 80.4 Å². The van der Waals surface area contributed by atoms with Gasteiger partial charge in [0.05, 0.1) is 7.11 Å². The lowest BCUT2D eigenvalue weighted by Gasteiger charge is -2.18. The molecule has 0 aliphatic rings. The third-order valence-corrected chi connectivity index (χ3v) is 7.66. The molecule has 0 unspecified atom stereocenters. The minimum absolute atomic E-state index is 0.00669. The third-order valence-electron chi connectivity index (χ3n) is 6.33. The summed E-state index contributed by atoms with van der Waals surface area (Å²) in [5, 5.41) is 16.3. The number of H-pyrrole nitrogens is 1. The Hall–Kier alpha value is -6.76. The maximum atomic E-state index is 13.5. The van der Waals surface area contributed by atoms with Crippen LogP contribution in [0.1, 0.15) is 0 Å². The number of nitrogens with zero attached hydrogens (tertiary/aromatic N) is 8. The summed E-state index contributed by atoms with van der Waals surface area (Å²) in [7, 11) is -2.82. The first-order valence-electron chi connectivity index (χ1n) is 14.2. The molecule has 0 aliphatic heterocycles. The van der Waals surface area contributed by atoms with Gasteiger partial charge in [0.1, 0.15) is 29.6 Å². The first kappa shape index (κ1) is 32.2. The van der Waals surface area contributed by atoms with E-state index in [0.29, 0.717) is 22.8 Å². The number of para-hydroxylation sites is 2. The van der Waals surface area contributed by atoms with Crippen molar-refractivity contribution in [3.8, 4) is 46.0 Å². The van der Waals surface area contributed by atoms with E-state index in [-0.39, 0.29) is 53.0 Å². The molecule has 0 atom stereocenters. The minimum atomic E-state index is -4.27. The zero-order chi connectivity index (χ0) is 34.1. The van der Waals surface area contributed by atoms with Gasteiger partial charge < -0.3 is 18.9 Å². The van der Waals surface area contributed by atoms with Gasteiger partial charge in [0.15, 0.2) is 23.1 Å². The Kier molecular flexibility index (Phi) is 9.70. The number of tetrazole rings is 1. The van der Waals surface area contributed by atoms with Crippen LogP contribution in [0.15, 0.2) is 96.4 Å². The quantitative estimate of drug-likeness (QED) is 0.147. The minimum Gasteiger partial charge on any atom is -0.493 e. The Balaban J connectivity index is 1.39. The van der Waals surface area contributed by atoms with E-state index in [9.17, 15) is 13.2 Å². The van der Waals surface area contributed by atoms with Crippen LogP contribution in [0.2, 0.25) is 0 Å². The fourth-order valence-electron chi connectivity index (χ4n) is 4.14. The highest BCUT2D eigenvalue weighted by Crippen LogP contribution is 2.41. The smallest absolute Gasteiger partial charge is 0.412 e. The SMILES string of the molecule is COc1ccccc1Oc1c(NS(=O)(=O)c2cccnc2)nc(-c2ccnc(-c3nn[nH]n3)c2)nc1OCCOC(=O)Nc1ccccn1. The molecule has 5 aromatic heterocycles. The molecule has 1 amide bonds. The highest BCUT2D eigenvalue weighted by Gasteiger charge is 2.26. The predicted octanol–water partition coefficient (Wildman–Crippen LogP) is 3.74. The highest BCUT2D eigenvalue weighted by atomic mass is 32.2. The molecule has 0 spiro atoms. The number of pyridine rings is 3. The molecule has 0 saturated carbocycles. The van der Waals surface area contributed by atoms with Crippen LogP contribution in [0.4, 0.5) is 16.4 Å². The van der Waals surface area contributed by atoms with E-state index < -0.39 is 16.1 Å². The Bertz CT molecular complexity index is 2140. The molecule has 19 heteroatoms. The van der Waals surface area contributed by atoms with Crippen LogP contribution in [0.25, 0.3) is 22.9 Å². The molecule has 1 aromatic carbocycles.